The highest BCUT2D eigenvalue weighted by molar-refractivity contribution is 5.95. The quantitative estimate of drug-likeness (QED) is 0.341. The summed E-state index contributed by atoms with van der Waals surface area (Å²) >= 11 is 0. The Morgan fingerprint density at radius 3 is 2.11 bits per heavy atom. The van der Waals surface area contributed by atoms with Crippen LogP contribution in [0.15, 0.2) is 78.9 Å². The SMILES string of the molecule is CC(C)(C)OC(=O)c1ccc(COc2ccc(C(=O)N3CC(NC(=O)O[C@H]4CN5CCC4CC5)(c4ccccc4)C3)cc2)cc1. The minimum Gasteiger partial charge on any atom is -0.489 e. The molecule has 45 heavy (non-hydrogen) atoms. The van der Waals surface area contributed by atoms with E-state index in [0.717, 1.165) is 43.6 Å². The van der Waals surface area contributed by atoms with Gasteiger partial charge >= 0.3 is 12.1 Å². The van der Waals surface area contributed by atoms with E-state index in [0.29, 0.717) is 42.5 Å². The molecule has 7 rings (SSSR count). The molecule has 4 saturated heterocycles. The summed E-state index contributed by atoms with van der Waals surface area (Å²) in [5.74, 6) is 0.573. The Balaban J connectivity index is 1.03. The Morgan fingerprint density at radius 2 is 1.51 bits per heavy atom. The molecule has 2 bridgehead atoms. The molecule has 4 aliphatic rings. The van der Waals surface area contributed by atoms with Crippen LogP contribution in [0.5, 0.6) is 5.75 Å². The van der Waals surface area contributed by atoms with E-state index in [9.17, 15) is 14.4 Å². The first kappa shape index (κ1) is 30.6. The molecular weight excluding hydrogens is 570 g/mol. The maximum absolute atomic E-state index is 13.4. The van der Waals surface area contributed by atoms with Crippen molar-refractivity contribution in [2.24, 2.45) is 5.92 Å². The molecule has 3 aromatic rings. The highest BCUT2D eigenvalue weighted by Crippen LogP contribution is 2.35. The van der Waals surface area contributed by atoms with Gasteiger partial charge in [0.25, 0.3) is 5.91 Å². The third-order valence-corrected chi connectivity index (χ3v) is 8.83. The molecule has 0 spiro atoms. The fourth-order valence-electron chi connectivity index (χ4n) is 6.36. The van der Waals surface area contributed by atoms with Crippen molar-refractivity contribution in [3.05, 3.63) is 101 Å². The van der Waals surface area contributed by atoms with Crippen molar-refractivity contribution in [2.45, 2.75) is 57.5 Å². The van der Waals surface area contributed by atoms with Gasteiger partial charge in [-0.3, -0.25) is 9.69 Å². The highest BCUT2D eigenvalue weighted by Gasteiger charge is 2.49. The molecule has 9 heteroatoms. The second-order valence-electron chi connectivity index (χ2n) is 13.3. The Kier molecular flexibility index (Phi) is 8.55. The number of alkyl carbamates (subject to hydrolysis) is 1. The van der Waals surface area contributed by atoms with Crippen molar-refractivity contribution in [3.63, 3.8) is 0 Å². The number of carbonyl (C=O) groups is 3. The first-order valence-electron chi connectivity index (χ1n) is 15.7. The van der Waals surface area contributed by atoms with Gasteiger partial charge in [0.1, 0.15) is 29.6 Å². The van der Waals surface area contributed by atoms with Gasteiger partial charge in [-0.15, -0.1) is 0 Å². The van der Waals surface area contributed by atoms with E-state index < -0.39 is 17.2 Å². The number of piperidine rings is 3. The molecular formula is C36H41N3O6. The Morgan fingerprint density at radius 1 is 0.867 bits per heavy atom. The maximum atomic E-state index is 13.4. The second-order valence-corrected chi connectivity index (χ2v) is 13.3. The van der Waals surface area contributed by atoms with Crippen LogP contribution in [0.2, 0.25) is 0 Å². The van der Waals surface area contributed by atoms with Crippen molar-refractivity contribution in [1.82, 2.24) is 15.1 Å². The number of nitrogens with one attached hydrogen (secondary N) is 1. The number of hydrogen-bond donors (Lipinski definition) is 1. The van der Waals surface area contributed by atoms with Crippen LogP contribution < -0.4 is 10.1 Å². The molecule has 1 atom stereocenters. The van der Waals surface area contributed by atoms with Gasteiger partial charge in [-0.05, 0) is 100 Å². The number of fused-ring (bicyclic) bond motifs is 3. The minimum absolute atomic E-state index is 0.0875. The van der Waals surface area contributed by atoms with Crippen LogP contribution in [0.25, 0.3) is 0 Å². The van der Waals surface area contributed by atoms with Crippen molar-refractivity contribution in [2.75, 3.05) is 32.7 Å². The van der Waals surface area contributed by atoms with Gasteiger partial charge in [-0.25, -0.2) is 9.59 Å². The van der Waals surface area contributed by atoms with Gasteiger partial charge in [0.15, 0.2) is 0 Å². The molecule has 4 heterocycles. The monoisotopic (exact) mass is 611 g/mol. The lowest BCUT2D eigenvalue weighted by molar-refractivity contribution is -0.0404. The normalized spacial score (nSPS) is 21.8. The number of likely N-dealkylation sites (tertiary alicyclic amines) is 1. The van der Waals surface area contributed by atoms with Crippen molar-refractivity contribution < 1.29 is 28.6 Å². The van der Waals surface area contributed by atoms with E-state index in [2.05, 4.69) is 10.2 Å². The molecule has 0 aromatic heterocycles. The number of benzene rings is 3. The van der Waals surface area contributed by atoms with Gasteiger partial charge in [0, 0.05) is 12.1 Å². The first-order chi connectivity index (χ1) is 21.6. The lowest BCUT2D eigenvalue weighted by atomic mass is 9.82. The molecule has 0 unspecified atom stereocenters. The Hall–Kier alpha value is -4.37. The lowest BCUT2D eigenvalue weighted by Crippen LogP contribution is -2.69. The van der Waals surface area contributed by atoms with Crippen molar-refractivity contribution >= 4 is 18.0 Å². The van der Waals surface area contributed by atoms with Crippen LogP contribution in [0, 0.1) is 5.92 Å². The molecule has 0 radical (unpaired) electrons. The average Bonchev–Trinajstić information content (AvgIpc) is 3.02. The van der Waals surface area contributed by atoms with E-state index in [4.69, 9.17) is 14.2 Å². The summed E-state index contributed by atoms with van der Waals surface area (Å²) < 4.78 is 17.3. The lowest BCUT2D eigenvalue weighted by Gasteiger charge is -2.51. The standard InChI is InChI=1S/C36H41N3O6/c1-35(2,3)45-33(41)28-11-9-25(10-12-28)22-43-30-15-13-27(14-16-30)32(40)39-23-36(24-39,29-7-5-4-6-8-29)37-34(42)44-31-21-38-19-17-26(31)18-20-38/h4-16,26,31H,17-24H2,1-3H3,(H,37,42)/t31-/m0/s1. The van der Waals surface area contributed by atoms with Crippen LogP contribution in [-0.4, -0.2) is 72.2 Å². The van der Waals surface area contributed by atoms with Gasteiger partial charge in [-0.2, -0.15) is 0 Å². The van der Waals surface area contributed by atoms with Crippen molar-refractivity contribution in [3.8, 4) is 5.75 Å². The zero-order valence-corrected chi connectivity index (χ0v) is 26.2. The van der Waals surface area contributed by atoms with E-state index in [-0.39, 0.29) is 18.0 Å². The average molecular weight is 612 g/mol. The molecule has 1 N–H and O–H groups in total. The number of ether oxygens (including phenoxy) is 3. The molecule has 9 nitrogen and oxygen atoms in total. The summed E-state index contributed by atoms with van der Waals surface area (Å²) in [6.07, 6.45) is 1.62. The van der Waals surface area contributed by atoms with Crippen LogP contribution in [0.3, 0.4) is 0 Å². The van der Waals surface area contributed by atoms with Crippen LogP contribution in [0.4, 0.5) is 4.79 Å². The minimum atomic E-state index is -0.704. The number of rotatable bonds is 8. The predicted octanol–water partition coefficient (Wildman–Crippen LogP) is 5.39. The molecule has 0 saturated carbocycles. The Labute approximate surface area is 264 Å². The van der Waals surface area contributed by atoms with Gasteiger partial charge in [0.05, 0.1) is 18.7 Å². The van der Waals surface area contributed by atoms with Gasteiger partial charge in [-0.1, -0.05) is 42.5 Å². The fraction of sp³-hybridized carbons (Fsp3) is 0.417. The maximum Gasteiger partial charge on any atom is 0.408 e. The molecule has 0 aliphatic carbocycles. The molecule has 236 valence electrons. The smallest absolute Gasteiger partial charge is 0.408 e. The largest absolute Gasteiger partial charge is 0.489 e. The van der Waals surface area contributed by atoms with Gasteiger partial charge in [0.2, 0.25) is 0 Å². The van der Waals surface area contributed by atoms with E-state index in [1.165, 1.54) is 0 Å². The predicted molar refractivity (Wildman–Crippen MR) is 169 cm³/mol. The number of nitrogens with zero attached hydrogens (tertiary/aromatic N) is 2. The van der Waals surface area contributed by atoms with Gasteiger partial charge < -0.3 is 24.4 Å². The van der Waals surface area contributed by atoms with Crippen LogP contribution in [-0.2, 0) is 21.6 Å². The fourth-order valence-corrected chi connectivity index (χ4v) is 6.36. The molecule has 4 aliphatic heterocycles. The van der Waals surface area contributed by atoms with E-state index in [1.54, 1.807) is 41.3 Å². The summed E-state index contributed by atoms with van der Waals surface area (Å²) in [6, 6.07) is 23.9. The highest BCUT2D eigenvalue weighted by atomic mass is 16.6. The third kappa shape index (κ3) is 7.14. The number of carbonyl (C=O) groups excluding carboxylic acids is 3. The topological polar surface area (TPSA) is 97.4 Å². The molecule has 4 fully saturated rings. The van der Waals surface area contributed by atoms with Crippen molar-refractivity contribution in [1.29, 1.82) is 0 Å². The number of amides is 2. The summed E-state index contributed by atoms with van der Waals surface area (Å²) in [4.78, 5) is 42.9. The summed E-state index contributed by atoms with van der Waals surface area (Å²) in [6.45, 7) is 9.47. The van der Waals surface area contributed by atoms with Crippen LogP contribution in [0.1, 0.15) is 65.5 Å². The summed E-state index contributed by atoms with van der Waals surface area (Å²) in [5, 5.41) is 3.13. The van der Waals surface area contributed by atoms with E-state index in [1.807, 2.05) is 63.2 Å². The Bertz CT molecular complexity index is 1500. The summed E-state index contributed by atoms with van der Waals surface area (Å²) in [5.41, 5.74) is 1.62. The zero-order valence-electron chi connectivity index (χ0n) is 26.2. The molecule has 3 aromatic carbocycles. The first-order valence-corrected chi connectivity index (χ1v) is 15.7. The third-order valence-electron chi connectivity index (χ3n) is 8.83. The zero-order chi connectivity index (χ0) is 31.6. The second kappa shape index (κ2) is 12.6. The molecule has 2 amide bonds. The number of esters is 1. The number of hydrogen-bond acceptors (Lipinski definition) is 7. The summed E-state index contributed by atoms with van der Waals surface area (Å²) in [7, 11) is 0. The van der Waals surface area contributed by atoms with Crippen LogP contribution >= 0.6 is 0 Å². The van der Waals surface area contributed by atoms with E-state index >= 15 is 0 Å².